The monoisotopic (exact) mass is 368 g/mol. The van der Waals surface area contributed by atoms with E-state index < -0.39 is 0 Å². The molecule has 0 saturated carbocycles. The Kier molecular flexibility index (Phi) is 4.95. The lowest BCUT2D eigenvalue weighted by Crippen LogP contribution is -2.37. The van der Waals surface area contributed by atoms with Crippen molar-refractivity contribution in [3.05, 3.63) is 40.2 Å². The third kappa shape index (κ3) is 3.60. The Hall–Kier alpha value is -2.28. The van der Waals surface area contributed by atoms with Crippen LogP contribution in [0, 0.1) is 20.8 Å². The summed E-state index contributed by atoms with van der Waals surface area (Å²) >= 11 is 0. The van der Waals surface area contributed by atoms with E-state index in [9.17, 15) is 4.79 Å². The molecule has 2 aromatic rings. The van der Waals surface area contributed by atoms with Gasteiger partial charge in [-0.3, -0.25) is 9.48 Å². The fourth-order valence-electron chi connectivity index (χ4n) is 3.98. The van der Waals surface area contributed by atoms with Crippen molar-refractivity contribution in [1.82, 2.24) is 30.0 Å². The van der Waals surface area contributed by atoms with Gasteiger partial charge in [0, 0.05) is 49.9 Å². The first-order chi connectivity index (χ1) is 13.0. The lowest BCUT2D eigenvalue weighted by molar-refractivity contribution is -0.132. The van der Waals surface area contributed by atoms with Gasteiger partial charge in [-0.25, -0.2) is 9.97 Å². The molecule has 0 aromatic carbocycles. The van der Waals surface area contributed by atoms with Gasteiger partial charge in [-0.05, 0) is 45.7 Å². The van der Waals surface area contributed by atoms with Gasteiger partial charge in [-0.15, -0.1) is 0 Å². The molecule has 0 aliphatic carbocycles. The predicted octanol–water partition coefficient (Wildman–Crippen LogP) is 2.00. The molecule has 2 aromatic heterocycles. The largest absolute Gasteiger partial charge is 0.338 e. The molecule has 4 rings (SSSR count). The molecule has 0 radical (unpaired) electrons. The summed E-state index contributed by atoms with van der Waals surface area (Å²) < 4.78 is 1.95. The molecule has 1 amide bonds. The molecule has 0 bridgehead atoms. The van der Waals surface area contributed by atoms with Gasteiger partial charge in [-0.1, -0.05) is 0 Å². The number of nitrogens with one attached hydrogen (secondary N) is 1. The highest BCUT2D eigenvalue weighted by Gasteiger charge is 2.25. The van der Waals surface area contributed by atoms with Crippen LogP contribution >= 0.6 is 0 Å². The van der Waals surface area contributed by atoms with Crippen LogP contribution in [0.3, 0.4) is 0 Å². The Balaban J connectivity index is 1.38. The van der Waals surface area contributed by atoms with Crippen LogP contribution in [0.5, 0.6) is 0 Å². The first kappa shape index (κ1) is 18.1. The van der Waals surface area contributed by atoms with E-state index in [1.807, 2.05) is 22.7 Å². The van der Waals surface area contributed by atoms with E-state index in [0.29, 0.717) is 25.6 Å². The highest BCUT2D eigenvalue weighted by molar-refractivity contribution is 5.76. The molecule has 144 valence electrons. The first-order valence-corrected chi connectivity index (χ1v) is 9.89. The molecule has 0 spiro atoms. The van der Waals surface area contributed by atoms with Gasteiger partial charge in [0.2, 0.25) is 5.91 Å². The third-order valence-corrected chi connectivity index (χ3v) is 5.96. The average Bonchev–Trinajstić information content (AvgIpc) is 3.30. The number of carbonyl (C=O) groups is 1. The van der Waals surface area contributed by atoms with Crippen LogP contribution < -0.4 is 5.32 Å². The standard InChI is InChI=1S/C20H28N6O/c1-13-14(2)24-26(15(13)3)10-7-19(27)25-9-6-17-16(12-25)11-22-20(23-17)18-5-4-8-21-18/h11,18,21H,4-10,12H2,1-3H3/t18-/m0/s1. The summed E-state index contributed by atoms with van der Waals surface area (Å²) in [5.41, 5.74) is 5.58. The van der Waals surface area contributed by atoms with Crippen molar-refractivity contribution in [2.75, 3.05) is 13.1 Å². The molecule has 1 fully saturated rings. The van der Waals surface area contributed by atoms with Crippen molar-refractivity contribution >= 4 is 5.91 Å². The van der Waals surface area contributed by atoms with E-state index in [-0.39, 0.29) is 5.91 Å². The quantitative estimate of drug-likeness (QED) is 0.893. The summed E-state index contributed by atoms with van der Waals surface area (Å²) in [4.78, 5) is 24.0. The van der Waals surface area contributed by atoms with E-state index >= 15 is 0 Å². The molecule has 4 heterocycles. The van der Waals surface area contributed by atoms with Crippen molar-refractivity contribution in [2.24, 2.45) is 0 Å². The molecule has 1 saturated heterocycles. The van der Waals surface area contributed by atoms with E-state index in [2.05, 4.69) is 29.2 Å². The number of aryl methyl sites for hydroxylation is 2. The minimum absolute atomic E-state index is 0.174. The van der Waals surface area contributed by atoms with Crippen molar-refractivity contribution in [1.29, 1.82) is 0 Å². The topological polar surface area (TPSA) is 75.9 Å². The number of hydrogen-bond donors (Lipinski definition) is 1. The summed E-state index contributed by atoms with van der Waals surface area (Å²) in [6.07, 6.45) is 5.49. The molecular weight excluding hydrogens is 340 g/mol. The molecule has 7 nitrogen and oxygen atoms in total. The zero-order valence-electron chi connectivity index (χ0n) is 16.5. The van der Waals surface area contributed by atoms with Crippen LogP contribution in [-0.2, 0) is 24.3 Å². The summed E-state index contributed by atoms with van der Waals surface area (Å²) in [6, 6.07) is 0.291. The number of nitrogens with zero attached hydrogens (tertiary/aromatic N) is 5. The second kappa shape index (κ2) is 7.38. The van der Waals surface area contributed by atoms with Crippen LogP contribution in [0.15, 0.2) is 6.20 Å². The number of amides is 1. The Labute approximate surface area is 160 Å². The van der Waals surface area contributed by atoms with E-state index in [1.54, 1.807) is 0 Å². The van der Waals surface area contributed by atoms with Crippen LogP contribution in [0.2, 0.25) is 0 Å². The van der Waals surface area contributed by atoms with Gasteiger partial charge in [0.1, 0.15) is 5.82 Å². The van der Waals surface area contributed by atoms with Gasteiger partial charge in [0.15, 0.2) is 0 Å². The van der Waals surface area contributed by atoms with E-state index in [4.69, 9.17) is 4.98 Å². The van der Waals surface area contributed by atoms with Gasteiger partial charge < -0.3 is 10.2 Å². The molecule has 1 atom stereocenters. The second-order valence-electron chi connectivity index (χ2n) is 7.68. The van der Waals surface area contributed by atoms with E-state index in [1.165, 1.54) is 12.0 Å². The lowest BCUT2D eigenvalue weighted by Gasteiger charge is -2.28. The van der Waals surface area contributed by atoms with Crippen LogP contribution in [0.1, 0.15) is 59.3 Å². The molecule has 1 N–H and O–H groups in total. The highest BCUT2D eigenvalue weighted by atomic mass is 16.2. The minimum Gasteiger partial charge on any atom is -0.338 e. The third-order valence-electron chi connectivity index (χ3n) is 5.96. The van der Waals surface area contributed by atoms with Crippen LogP contribution in [0.25, 0.3) is 0 Å². The van der Waals surface area contributed by atoms with Gasteiger partial charge in [-0.2, -0.15) is 5.10 Å². The fraction of sp³-hybridized carbons (Fsp3) is 0.600. The lowest BCUT2D eigenvalue weighted by atomic mass is 10.1. The SMILES string of the molecule is Cc1nn(CCC(=O)N2CCc3nc([C@@H]4CCCN4)ncc3C2)c(C)c1C. The fourth-order valence-corrected chi connectivity index (χ4v) is 3.98. The maximum Gasteiger partial charge on any atom is 0.224 e. The first-order valence-electron chi connectivity index (χ1n) is 9.89. The van der Waals surface area contributed by atoms with Crippen LogP contribution in [0.4, 0.5) is 0 Å². The number of aromatic nitrogens is 4. The number of fused-ring (bicyclic) bond motifs is 1. The van der Waals surface area contributed by atoms with E-state index in [0.717, 1.165) is 54.4 Å². The molecular formula is C20H28N6O. The maximum absolute atomic E-state index is 12.7. The summed E-state index contributed by atoms with van der Waals surface area (Å²) in [7, 11) is 0. The van der Waals surface area contributed by atoms with Crippen molar-refractivity contribution < 1.29 is 4.79 Å². The zero-order valence-corrected chi connectivity index (χ0v) is 16.5. The van der Waals surface area contributed by atoms with Crippen molar-refractivity contribution in [2.45, 2.75) is 65.6 Å². The Morgan fingerprint density at radius 1 is 1.33 bits per heavy atom. The number of rotatable bonds is 4. The average molecular weight is 368 g/mol. The van der Waals surface area contributed by atoms with Gasteiger partial charge in [0.05, 0.1) is 17.4 Å². The second-order valence-corrected chi connectivity index (χ2v) is 7.68. The Bertz CT molecular complexity index is 852. The van der Waals surface area contributed by atoms with Gasteiger partial charge >= 0.3 is 0 Å². The van der Waals surface area contributed by atoms with Gasteiger partial charge in [0.25, 0.3) is 0 Å². The smallest absolute Gasteiger partial charge is 0.224 e. The van der Waals surface area contributed by atoms with Crippen molar-refractivity contribution in [3.63, 3.8) is 0 Å². The van der Waals surface area contributed by atoms with Crippen molar-refractivity contribution in [3.8, 4) is 0 Å². The minimum atomic E-state index is 0.174. The molecule has 2 aliphatic heterocycles. The molecule has 7 heteroatoms. The predicted molar refractivity (Wildman–Crippen MR) is 102 cm³/mol. The summed E-state index contributed by atoms with van der Waals surface area (Å²) in [6.45, 7) is 9.17. The maximum atomic E-state index is 12.7. The van der Waals surface area contributed by atoms with Crippen LogP contribution in [-0.4, -0.2) is 43.6 Å². The summed E-state index contributed by atoms with van der Waals surface area (Å²) in [5, 5.41) is 7.98. The normalized spacial score (nSPS) is 19.4. The summed E-state index contributed by atoms with van der Waals surface area (Å²) in [5.74, 6) is 1.08. The molecule has 27 heavy (non-hydrogen) atoms. The zero-order chi connectivity index (χ0) is 19.0. The molecule has 2 aliphatic rings. The number of hydrogen-bond acceptors (Lipinski definition) is 5. The molecule has 0 unspecified atom stereocenters. The Morgan fingerprint density at radius 2 is 2.19 bits per heavy atom. The number of carbonyl (C=O) groups excluding carboxylic acids is 1. The Morgan fingerprint density at radius 3 is 2.89 bits per heavy atom. The highest BCUT2D eigenvalue weighted by Crippen LogP contribution is 2.23.